The Labute approximate surface area is 126 Å². The van der Waals surface area contributed by atoms with Crippen LogP contribution in [0.15, 0.2) is 27.1 Å². The minimum atomic E-state index is 0.236. The fourth-order valence-corrected chi connectivity index (χ4v) is 3.89. The Morgan fingerprint density at radius 2 is 2.11 bits per heavy atom. The summed E-state index contributed by atoms with van der Waals surface area (Å²) < 4.78 is 2.23. The van der Waals surface area contributed by atoms with Crippen LogP contribution in [0.3, 0.4) is 0 Å². The van der Waals surface area contributed by atoms with Crippen LogP contribution in [0.5, 0.6) is 0 Å². The summed E-state index contributed by atoms with van der Waals surface area (Å²) in [6, 6.07) is 6.52. The van der Waals surface area contributed by atoms with Crippen LogP contribution < -0.4 is 11.3 Å². The van der Waals surface area contributed by atoms with E-state index in [1.807, 2.05) is 6.07 Å². The van der Waals surface area contributed by atoms with Gasteiger partial charge < -0.3 is 0 Å². The lowest BCUT2D eigenvalue weighted by molar-refractivity contribution is 0.224. The minimum Gasteiger partial charge on any atom is -0.271 e. The number of hydrogen-bond acceptors (Lipinski definition) is 2. The molecule has 0 aliphatic heterocycles. The van der Waals surface area contributed by atoms with Crippen LogP contribution in [0.4, 0.5) is 0 Å². The lowest BCUT2D eigenvalue weighted by Crippen LogP contribution is -2.35. The number of nitrogens with two attached hydrogens (primary N) is 1. The van der Waals surface area contributed by atoms with Gasteiger partial charge in [-0.05, 0) is 48.4 Å². The Morgan fingerprint density at radius 1 is 1.33 bits per heavy atom. The summed E-state index contributed by atoms with van der Waals surface area (Å²) in [5.74, 6) is 7.25. The number of benzene rings is 1. The first kappa shape index (κ1) is 14.5. The molecule has 0 amide bonds. The van der Waals surface area contributed by atoms with E-state index in [1.54, 1.807) is 0 Å². The lowest BCUT2D eigenvalue weighted by Gasteiger charge is -2.33. The molecular formula is C14H20Br2N2. The third kappa shape index (κ3) is 3.35. The second-order valence-corrected chi connectivity index (χ2v) is 7.11. The largest absolute Gasteiger partial charge is 0.271 e. The van der Waals surface area contributed by atoms with E-state index < -0.39 is 0 Å². The van der Waals surface area contributed by atoms with Crippen molar-refractivity contribution in [1.29, 1.82) is 0 Å². The van der Waals surface area contributed by atoms with Crippen LogP contribution in [0.25, 0.3) is 0 Å². The third-order valence-electron chi connectivity index (χ3n) is 3.92. The standard InChI is InChI=1S/C14H20Br2N2/c1-9-3-2-4-10(7-9)14(18-17)12-8-11(15)5-6-13(12)16/h5-6,8-10,14,18H,2-4,7,17H2,1H3. The Hall–Kier alpha value is 0.1000. The zero-order chi connectivity index (χ0) is 13.1. The molecule has 3 N–H and O–H groups in total. The van der Waals surface area contributed by atoms with Crippen molar-refractivity contribution >= 4 is 31.9 Å². The van der Waals surface area contributed by atoms with E-state index in [1.165, 1.54) is 31.2 Å². The highest BCUT2D eigenvalue weighted by Crippen LogP contribution is 2.39. The van der Waals surface area contributed by atoms with E-state index >= 15 is 0 Å². The predicted molar refractivity (Wildman–Crippen MR) is 83.0 cm³/mol. The smallest absolute Gasteiger partial charge is 0.0499 e. The van der Waals surface area contributed by atoms with Gasteiger partial charge in [-0.15, -0.1) is 0 Å². The maximum absolute atomic E-state index is 5.81. The summed E-state index contributed by atoms with van der Waals surface area (Å²) in [6.45, 7) is 2.34. The zero-order valence-electron chi connectivity index (χ0n) is 10.6. The molecule has 2 nitrogen and oxygen atoms in total. The molecule has 0 radical (unpaired) electrons. The van der Waals surface area contributed by atoms with E-state index in [4.69, 9.17) is 5.84 Å². The van der Waals surface area contributed by atoms with Crippen molar-refractivity contribution in [3.8, 4) is 0 Å². The maximum atomic E-state index is 5.81. The molecule has 1 aliphatic carbocycles. The molecule has 3 unspecified atom stereocenters. The van der Waals surface area contributed by atoms with Gasteiger partial charge in [0.15, 0.2) is 0 Å². The topological polar surface area (TPSA) is 38.0 Å². The van der Waals surface area contributed by atoms with Crippen LogP contribution in [0.2, 0.25) is 0 Å². The monoisotopic (exact) mass is 374 g/mol. The quantitative estimate of drug-likeness (QED) is 0.601. The molecule has 1 fully saturated rings. The van der Waals surface area contributed by atoms with E-state index in [-0.39, 0.29) is 6.04 Å². The molecule has 0 saturated heterocycles. The van der Waals surface area contributed by atoms with E-state index in [9.17, 15) is 0 Å². The summed E-state index contributed by atoms with van der Waals surface area (Å²) in [5, 5.41) is 0. The average Bonchev–Trinajstić information content (AvgIpc) is 2.35. The van der Waals surface area contributed by atoms with Crippen LogP contribution in [-0.2, 0) is 0 Å². The van der Waals surface area contributed by atoms with Gasteiger partial charge in [-0.3, -0.25) is 11.3 Å². The van der Waals surface area contributed by atoms with Gasteiger partial charge in [-0.2, -0.15) is 0 Å². The molecule has 0 aromatic heterocycles. The first-order valence-electron chi connectivity index (χ1n) is 6.53. The fraction of sp³-hybridized carbons (Fsp3) is 0.571. The normalized spacial score (nSPS) is 26.0. The molecule has 1 saturated carbocycles. The minimum absolute atomic E-state index is 0.236. The highest BCUT2D eigenvalue weighted by atomic mass is 79.9. The average molecular weight is 376 g/mol. The maximum Gasteiger partial charge on any atom is 0.0499 e. The van der Waals surface area contributed by atoms with Crippen LogP contribution in [0.1, 0.15) is 44.2 Å². The van der Waals surface area contributed by atoms with Crippen molar-refractivity contribution in [1.82, 2.24) is 5.43 Å². The second kappa shape index (κ2) is 6.51. The van der Waals surface area contributed by atoms with Gasteiger partial charge in [0.25, 0.3) is 0 Å². The number of hydrogen-bond donors (Lipinski definition) is 2. The Kier molecular flexibility index (Phi) is 5.24. The van der Waals surface area contributed by atoms with Crippen LogP contribution in [-0.4, -0.2) is 0 Å². The molecule has 100 valence electrons. The highest BCUT2D eigenvalue weighted by molar-refractivity contribution is 9.11. The van der Waals surface area contributed by atoms with Crippen molar-refractivity contribution in [2.45, 2.75) is 38.6 Å². The fourth-order valence-electron chi connectivity index (χ4n) is 3.02. The third-order valence-corrected chi connectivity index (χ3v) is 5.14. The molecule has 3 atom stereocenters. The van der Waals surface area contributed by atoms with Crippen molar-refractivity contribution in [2.24, 2.45) is 17.7 Å². The van der Waals surface area contributed by atoms with Gasteiger partial charge in [-0.1, -0.05) is 51.6 Å². The summed E-state index contributed by atoms with van der Waals surface area (Å²) in [6.07, 6.45) is 5.19. The molecule has 4 heteroatoms. The number of halogens is 2. The molecule has 1 aromatic rings. The first-order chi connectivity index (χ1) is 8.61. The van der Waals surface area contributed by atoms with Crippen molar-refractivity contribution in [2.75, 3.05) is 0 Å². The summed E-state index contributed by atoms with van der Waals surface area (Å²) in [7, 11) is 0. The van der Waals surface area contributed by atoms with Gasteiger partial charge in [0.2, 0.25) is 0 Å². The molecular weight excluding hydrogens is 356 g/mol. The summed E-state index contributed by atoms with van der Waals surface area (Å²) >= 11 is 7.18. The van der Waals surface area contributed by atoms with E-state index in [0.717, 1.165) is 14.9 Å². The van der Waals surface area contributed by atoms with Gasteiger partial charge in [0.05, 0.1) is 0 Å². The van der Waals surface area contributed by atoms with Crippen LogP contribution >= 0.6 is 31.9 Å². The predicted octanol–water partition coefficient (Wildman–Crippen LogP) is 4.54. The molecule has 1 aromatic carbocycles. The van der Waals surface area contributed by atoms with Crippen molar-refractivity contribution < 1.29 is 0 Å². The van der Waals surface area contributed by atoms with Crippen molar-refractivity contribution in [3.63, 3.8) is 0 Å². The molecule has 1 aliphatic rings. The SMILES string of the molecule is CC1CCCC(C(NN)c2cc(Br)ccc2Br)C1. The number of hydrazine groups is 1. The van der Waals surface area contributed by atoms with Crippen molar-refractivity contribution in [3.05, 3.63) is 32.7 Å². The second-order valence-electron chi connectivity index (χ2n) is 5.34. The molecule has 0 heterocycles. The molecule has 0 spiro atoms. The highest BCUT2D eigenvalue weighted by Gasteiger charge is 2.28. The van der Waals surface area contributed by atoms with E-state index in [0.29, 0.717) is 5.92 Å². The van der Waals surface area contributed by atoms with Gasteiger partial charge >= 0.3 is 0 Å². The number of rotatable bonds is 3. The first-order valence-corrected chi connectivity index (χ1v) is 8.11. The number of nitrogens with one attached hydrogen (secondary N) is 1. The molecule has 18 heavy (non-hydrogen) atoms. The van der Waals surface area contributed by atoms with Gasteiger partial charge in [-0.25, -0.2) is 0 Å². The molecule has 0 bridgehead atoms. The lowest BCUT2D eigenvalue weighted by atomic mass is 9.77. The van der Waals surface area contributed by atoms with Crippen LogP contribution in [0, 0.1) is 11.8 Å². The summed E-state index contributed by atoms with van der Waals surface area (Å²) in [4.78, 5) is 0. The molecule has 2 rings (SSSR count). The zero-order valence-corrected chi connectivity index (χ0v) is 13.8. The Balaban J connectivity index is 2.24. The van der Waals surface area contributed by atoms with Gasteiger partial charge in [0, 0.05) is 15.0 Å². The summed E-state index contributed by atoms with van der Waals surface area (Å²) in [5.41, 5.74) is 4.28. The van der Waals surface area contributed by atoms with E-state index in [2.05, 4.69) is 56.3 Å². The Bertz CT molecular complexity index is 409. The Morgan fingerprint density at radius 3 is 2.78 bits per heavy atom. The van der Waals surface area contributed by atoms with Gasteiger partial charge in [0.1, 0.15) is 0 Å².